The van der Waals surface area contributed by atoms with Crippen molar-refractivity contribution in [1.29, 1.82) is 0 Å². The Morgan fingerprint density at radius 1 is 1.43 bits per heavy atom. The van der Waals surface area contributed by atoms with Crippen molar-refractivity contribution >= 4 is 34.1 Å². The second-order valence-corrected chi connectivity index (χ2v) is 7.24. The number of thiazole rings is 1. The third kappa shape index (κ3) is 2.80. The van der Waals surface area contributed by atoms with E-state index in [1.54, 1.807) is 11.3 Å². The molecule has 110 valence electrons. The van der Waals surface area contributed by atoms with Gasteiger partial charge in [-0.1, -0.05) is 11.8 Å². The fourth-order valence-electron chi connectivity index (χ4n) is 2.36. The van der Waals surface area contributed by atoms with Crippen LogP contribution in [0.3, 0.4) is 0 Å². The lowest BCUT2D eigenvalue weighted by atomic mass is 10.4. The summed E-state index contributed by atoms with van der Waals surface area (Å²) in [5.74, 6) is 0.245. The van der Waals surface area contributed by atoms with Gasteiger partial charge in [-0.3, -0.25) is 4.79 Å². The van der Waals surface area contributed by atoms with Crippen LogP contribution in [-0.2, 0) is 17.6 Å². The second kappa shape index (κ2) is 5.38. The first-order chi connectivity index (χ1) is 10.3. The maximum atomic E-state index is 12.0. The van der Waals surface area contributed by atoms with E-state index in [9.17, 15) is 4.79 Å². The molecular weight excluding hydrogens is 308 g/mol. The van der Waals surface area contributed by atoms with Crippen LogP contribution in [0.5, 0.6) is 0 Å². The monoisotopic (exact) mass is 322 g/mol. The van der Waals surface area contributed by atoms with E-state index in [2.05, 4.69) is 25.8 Å². The lowest BCUT2D eigenvalue weighted by molar-refractivity contribution is -0.113. The molecule has 1 fully saturated rings. The summed E-state index contributed by atoms with van der Waals surface area (Å²) in [4.78, 5) is 17.8. The van der Waals surface area contributed by atoms with Crippen LogP contribution in [0.4, 0.5) is 5.13 Å². The molecule has 2 aliphatic rings. The third-order valence-corrected chi connectivity index (χ3v) is 5.54. The molecule has 2 heterocycles. The van der Waals surface area contributed by atoms with Gasteiger partial charge in [-0.25, -0.2) is 9.67 Å². The van der Waals surface area contributed by atoms with Gasteiger partial charge in [-0.15, -0.1) is 16.4 Å². The highest BCUT2D eigenvalue weighted by Crippen LogP contribution is 2.36. The van der Waals surface area contributed by atoms with Gasteiger partial charge in [0.1, 0.15) is 0 Å². The molecule has 0 bridgehead atoms. The van der Waals surface area contributed by atoms with E-state index in [0.29, 0.717) is 22.1 Å². The lowest BCUT2D eigenvalue weighted by Gasteiger charge is -2.02. The smallest absolute Gasteiger partial charge is 0.236 e. The Kier molecular flexibility index (Phi) is 3.38. The van der Waals surface area contributed by atoms with Gasteiger partial charge in [0.15, 0.2) is 5.13 Å². The molecule has 0 saturated heterocycles. The molecule has 0 aliphatic heterocycles. The number of aromatic nitrogens is 5. The van der Waals surface area contributed by atoms with Gasteiger partial charge in [0.05, 0.1) is 17.5 Å². The molecule has 1 saturated carbocycles. The summed E-state index contributed by atoms with van der Waals surface area (Å²) in [6.07, 6.45) is 5.55. The summed E-state index contributed by atoms with van der Waals surface area (Å²) in [6, 6.07) is 0.424. The first-order valence-electron chi connectivity index (χ1n) is 6.98. The Balaban J connectivity index is 1.34. The van der Waals surface area contributed by atoms with Crippen molar-refractivity contribution in [3.8, 4) is 0 Å². The van der Waals surface area contributed by atoms with Crippen molar-refractivity contribution in [3.63, 3.8) is 0 Å². The molecule has 21 heavy (non-hydrogen) atoms. The quantitative estimate of drug-likeness (QED) is 0.843. The van der Waals surface area contributed by atoms with Gasteiger partial charge in [0, 0.05) is 4.88 Å². The second-order valence-electron chi connectivity index (χ2n) is 5.22. The summed E-state index contributed by atoms with van der Waals surface area (Å²) in [5.41, 5.74) is 1.15. The number of nitrogens with zero attached hydrogens (tertiary/aromatic N) is 5. The molecule has 4 rings (SSSR count). The van der Waals surface area contributed by atoms with Gasteiger partial charge in [0.2, 0.25) is 11.1 Å². The van der Waals surface area contributed by atoms with E-state index in [4.69, 9.17) is 0 Å². The SMILES string of the molecule is O=C(CSc1nnnn1C1CC1)Nc1nc2c(s1)CCC2. The Hall–Kier alpha value is -1.48. The molecule has 2 aromatic heterocycles. The van der Waals surface area contributed by atoms with Crippen molar-refractivity contribution in [2.24, 2.45) is 0 Å². The summed E-state index contributed by atoms with van der Waals surface area (Å²) < 4.78 is 1.82. The zero-order chi connectivity index (χ0) is 14.2. The van der Waals surface area contributed by atoms with Crippen LogP contribution in [0.2, 0.25) is 0 Å². The molecule has 1 amide bonds. The molecule has 1 N–H and O–H groups in total. The van der Waals surface area contributed by atoms with Crippen molar-refractivity contribution in [3.05, 3.63) is 10.6 Å². The highest BCUT2D eigenvalue weighted by molar-refractivity contribution is 7.99. The minimum Gasteiger partial charge on any atom is -0.301 e. The van der Waals surface area contributed by atoms with Crippen molar-refractivity contribution in [1.82, 2.24) is 25.2 Å². The third-order valence-electron chi connectivity index (χ3n) is 3.53. The van der Waals surface area contributed by atoms with Crippen LogP contribution < -0.4 is 5.32 Å². The lowest BCUT2D eigenvalue weighted by Crippen LogP contribution is -2.14. The molecule has 0 atom stereocenters. The van der Waals surface area contributed by atoms with E-state index >= 15 is 0 Å². The number of hydrogen-bond donors (Lipinski definition) is 1. The Bertz CT molecular complexity index is 656. The standard InChI is InChI=1S/C12H14N6OS2/c19-10(14-11-13-8-2-1-3-9(8)21-11)6-20-12-15-16-17-18(12)7-4-5-7/h7H,1-6H2,(H,13,14,19). The van der Waals surface area contributed by atoms with Gasteiger partial charge in [-0.2, -0.15) is 0 Å². The number of fused-ring (bicyclic) bond motifs is 1. The number of anilines is 1. The maximum Gasteiger partial charge on any atom is 0.236 e. The molecule has 0 radical (unpaired) electrons. The van der Waals surface area contributed by atoms with Crippen LogP contribution in [-0.4, -0.2) is 36.9 Å². The van der Waals surface area contributed by atoms with E-state index in [0.717, 1.165) is 31.4 Å². The van der Waals surface area contributed by atoms with E-state index in [1.807, 2.05) is 4.68 Å². The number of rotatable bonds is 5. The number of nitrogens with one attached hydrogen (secondary N) is 1. The molecule has 2 aromatic rings. The molecule has 9 heteroatoms. The maximum absolute atomic E-state index is 12.0. The number of carbonyl (C=O) groups excluding carboxylic acids is 1. The largest absolute Gasteiger partial charge is 0.301 e. The number of hydrogen-bond acceptors (Lipinski definition) is 7. The summed E-state index contributed by atoms with van der Waals surface area (Å²) >= 11 is 2.97. The first-order valence-corrected chi connectivity index (χ1v) is 8.79. The highest BCUT2D eigenvalue weighted by atomic mass is 32.2. The molecule has 0 unspecified atom stereocenters. The zero-order valence-corrected chi connectivity index (χ0v) is 12.9. The van der Waals surface area contributed by atoms with Crippen LogP contribution in [0, 0.1) is 0 Å². The minimum atomic E-state index is -0.0576. The predicted molar refractivity (Wildman–Crippen MR) is 79.6 cm³/mol. The normalized spacial score (nSPS) is 17.0. The molecule has 0 spiro atoms. The number of aryl methyl sites for hydroxylation is 2. The van der Waals surface area contributed by atoms with E-state index in [1.165, 1.54) is 23.1 Å². The number of tetrazole rings is 1. The first kappa shape index (κ1) is 13.2. The topological polar surface area (TPSA) is 85.6 Å². The van der Waals surface area contributed by atoms with Gasteiger partial charge in [0.25, 0.3) is 0 Å². The molecule has 0 aromatic carbocycles. The van der Waals surface area contributed by atoms with Crippen LogP contribution in [0.1, 0.15) is 35.9 Å². The zero-order valence-electron chi connectivity index (χ0n) is 11.3. The van der Waals surface area contributed by atoms with Crippen LogP contribution in [0.25, 0.3) is 0 Å². The Morgan fingerprint density at radius 3 is 3.14 bits per heavy atom. The van der Waals surface area contributed by atoms with Gasteiger partial charge >= 0.3 is 0 Å². The van der Waals surface area contributed by atoms with Crippen molar-refractivity contribution < 1.29 is 4.79 Å². The van der Waals surface area contributed by atoms with Crippen molar-refractivity contribution in [2.75, 3.05) is 11.1 Å². The fourth-order valence-corrected chi connectivity index (χ4v) is 4.17. The molecule has 2 aliphatic carbocycles. The van der Waals surface area contributed by atoms with Crippen LogP contribution >= 0.6 is 23.1 Å². The average Bonchev–Trinajstić information content (AvgIpc) is 2.87. The van der Waals surface area contributed by atoms with Crippen LogP contribution in [0.15, 0.2) is 5.16 Å². The van der Waals surface area contributed by atoms with E-state index in [-0.39, 0.29) is 5.91 Å². The van der Waals surface area contributed by atoms with Gasteiger partial charge in [-0.05, 0) is 42.5 Å². The fraction of sp³-hybridized carbons (Fsp3) is 0.583. The predicted octanol–water partition coefficient (Wildman–Crippen LogP) is 1.68. The average molecular weight is 322 g/mol. The molecule has 7 nitrogen and oxygen atoms in total. The minimum absolute atomic E-state index is 0.0576. The number of carbonyl (C=O) groups is 1. The number of thioether (sulfide) groups is 1. The molecular formula is C12H14N6OS2. The summed E-state index contributed by atoms with van der Waals surface area (Å²) in [5, 5.41) is 15.9. The van der Waals surface area contributed by atoms with Crippen molar-refractivity contribution in [2.45, 2.75) is 43.3 Å². The summed E-state index contributed by atoms with van der Waals surface area (Å²) in [6.45, 7) is 0. The summed E-state index contributed by atoms with van der Waals surface area (Å²) in [7, 11) is 0. The Morgan fingerprint density at radius 2 is 2.33 bits per heavy atom. The van der Waals surface area contributed by atoms with Gasteiger partial charge < -0.3 is 5.32 Å². The Labute approximate surface area is 129 Å². The van der Waals surface area contributed by atoms with E-state index < -0.39 is 0 Å². The number of amides is 1. The highest BCUT2D eigenvalue weighted by Gasteiger charge is 2.28.